The van der Waals surface area contributed by atoms with Crippen LogP contribution in [0.4, 0.5) is 5.69 Å². The number of pyridine rings is 1. The summed E-state index contributed by atoms with van der Waals surface area (Å²) in [7, 11) is 0. The number of rotatable bonds is 3. The Balaban J connectivity index is 1.82. The molecule has 0 saturated heterocycles. The van der Waals surface area contributed by atoms with Gasteiger partial charge in [-0.1, -0.05) is 18.2 Å². The van der Waals surface area contributed by atoms with E-state index in [1.807, 2.05) is 36.5 Å². The summed E-state index contributed by atoms with van der Waals surface area (Å²) in [6.45, 7) is 0.0784. The maximum atomic E-state index is 9.14. The molecule has 18 heavy (non-hydrogen) atoms. The smallest absolute Gasteiger partial charge is 0.0691 e. The van der Waals surface area contributed by atoms with Crippen molar-refractivity contribution in [1.29, 1.82) is 0 Å². The van der Waals surface area contributed by atoms with Gasteiger partial charge in [0, 0.05) is 11.9 Å². The van der Waals surface area contributed by atoms with Crippen LogP contribution in [0.3, 0.4) is 0 Å². The maximum Gasteiger partial charge on any atom is 0.0691 e. The molecule has 3 heteroatoms. The predicted octanol–water partition coefficient (Wildman–Crippen LogP) is 2.67. The lowest BCUT2D eigenvalue weighted by atomic mass is 10.1. The highest BCUT2D eigenvalue weighted by atomic mass is 16.3. The molecule has 1 aliphatic rings. The van der Waals surface area contributed by atoms with Crippen molar-refractivity contribution in [2.24, 2.45) is 0 Å². The number of hydrogen-bond donors (Lipinski definition) is 2. The summed E-state index contributed by atoms with van der Waals surface area (Å²) < 4.78 is 0. The van der Waals surface area contributed by atoms with E-state index in [-0.39, 0.29) is 12.6 Å². The number of anilines is 1. The van der Waals surface area contributed by atoms with Crippen molar-refractivity contribution in [2.75, 3.05) is 5.32 Å². The lowest BCUT2D eigenvalue weighted by Crippen LogP contribution is -2.08. The Morgan fingerprint density at radius 2 is 2.22 bits per heavy atom. The number of nitrogens with zero attached hydrogens (tertiary/aromatic N) is 1. The van der Waals surface area contributed by atoms with Crippen LogP contribution in [0.2, 0.25) is 0 Å². The second kappa shape index (κ2) is 4.78. The van der Waals surface area contributed by atoms with E-state index >= 15 is 0 Å². The van der Waals surface area contributed by atoms with E-state index in [1.54, 1.807) is 0 Å². The summed E-state index contributed by atoms with van der Waals surface area (Å²) in [6, 6.07) is 12.3. The molecule has 3 rings (SSSR count). The van der Waals surface area contributed by atoms with Crippen molar-refractivity contribution < 1.29 is 5.11 Å². The van der Waals surface area contributed by atoms with E-state index in [4.69, 9.17) is 5.11 Å². The molecular formula is C15H16N2O. The topological polar surface area (TPSA) is 45.1 Å². The van der Waals surface area contributed by atoms with Gasteiger partial charge in [-0.3, -0.25) is 4.98 Å². The zero-order valence-corrected chi connectivity index (χ0v) is 10.1. The van der Waals surface area contributed by atoms with Gasteiger partial charge in [0.1, 0.15) is 0 Å². The molecule has 1 heterocycles. The largest absolute Gasteiger partial charge is 0.392 e. The summed E-state index contributed by atoms with van der Waals surface area (Å²) in [5.74, 6) is 0. The Hall–Kier alpha value is -1.87. The second-order valence-electron chi connectivity index (χ2n) is 4.64. The van der Waals surface area contributed by atoms with Gasteiger partial charge in [-0.25, -0.2) is 0 Å². The molecule has 1 aromatic heterocycles. The first-order chi connectivity index (χ1) is 8.86. The Kier molecular flexibility index (Phi) is 2.99. The first-order valence-corrected chi connectivity index (χ1v) is 6.27. The van der Waals surface area contributed by atoms with E-state index < -0.39 is 0 Å². The molecule has 1 aromatic carbocycles. The molecule has 0 saturated carbocycles. The molecular weight excluding hydrogens is 224 g/mol. The molecule has 0 fully saturated rings. The average molecular weight is 240 g/mol. The number of aryl methyl sites for hydroxylation is 1. The van der Waals surface area contributed by atoms with Crippen LogP contribution in [-0.4, -0.2) is 10.1 Å². The van der Waals surface area contributed by atoms with E-state index in [9.17, 15) is 0 Å². The minimum Gasteiger partial charge on any atom is -0.392 e. The van der Waals surface area contributed by atoms with Gasteiger partial charge in [0.2, 0.25) is 0 Å². The third kappa shape index (κ3) is 2.09. The summed E-state index contributed by atoms with van der Waals surface area (Å²) in [5, 5.41) is 12.6. The van der Waals surface area contributed by atoms with Crippen molar-refractivity contribution >= 4 is 5.69 Å². The van der Waals surface area contributed by atoms with E-state index in [0.717, 1.165) is 29.8 Å². The number of aliphatic hydroxyl groups is 1. The summed E-state index contributed by atoms with van der Waals surface area (Å²) >= 11 is 0. The highest BCUT2D eigenvalue weighted by Gasteiger charge is 2.23. The van der Waals surface area contributed by atoms with Gasteiger partial charge in [-0.05, 0) is 42.2 Å². The zero-order chi connectivity index (χ0) is 12.4. The van der Waals surface area contributed by atoms with Crippen molar-refractivity contribution in [3.63, 3.8) is 0 Å². The Morgan fingerprint density at radius 1 is 1.28 bits per heavy atom. The van der Waals surface area contributed by atoms with Gasteiger partial charge in [0.15, 0.2) is 0 Å². The van der Waals surface area contributed by atoms with Crippen molar-refractivity contribution in [3.05, 3.63) is 59.4 Å². The Morgan fingerprint density at radius 3 is 3.11 bits per heavy atom. The van der Waals surface area contributed by atoms with Crippen LogP contribution in [-0.2, 0) is 13.0 Å². The van der Waals surface area contributed by atoms with Gasteiger partial charge in [0.05, 0.1) is 18.3 Å². The molecule has 1 unspecified atom stereocenters. The SMILES string of the molecule is OCc1cccc(NC2CCc3cccnc32)c1. The third-order valence-electron chi connectivity index (χ3n) is 3.41. The van der Waals surface area contributed by atoms with Gasteiger partial charge < -0.3 is 10.4 Å². The first-order valence-electron chi connectivity index (χ1n) is 6.27. The lowest BCUT2D eigenvalue weighted by molar-refractivity contribution is 0.282. The second-order valence-corrected chi connectivity index (χ2v) is 4.64. The van der Waals surface area contributed by atoms with E-state index in [0.29, 0.717) is 0 Å². The molecule has 2 N–H and O–H groups in total. The van der Waals surface area contributed by atoms with Crippen LogP contribution in [0, 0.1) is 0 Å². The highest BCUT2D eigenvalue weighted by Crippen LogP contribution is 2.32. The fraction of sp³-hybridized carbons (Fsp3) is 0.267. The van der Waals surface area contributed by atoms with Crippen molar-refractivity contribution in [2.45, 2.75) is 25.5 Å². The van der Waals surface area contributed by atoms with Crippen molar-refractivity contribution in [3.8, 4) is 0 Å². The molecule has 0 radical (unpaired) electrons. The first kappa shape index (κ1) is 11.2. The highest BCUT2D eigenvalue weighted by molar-refractivity contribution is 5.48. The predicted molar refractivity (Wildman–Crippen MR) is 71.3 cm³/mol. The molecule has 0 amide bonds. The number of fused-ring (bicyclic) bond motifs is 1. The van der Waals surface area contributed by atoms with Gasteiger partial charge in [-0.15, -0.1) is 0 Å². The molecule has 0 aliphatic heterocycles. The third-order valence-corrected chi connectivity index (χ3v) is 3.41. The van der Waals surface area contributed by atoms with Gasteiger partial charge in [0.25, 0.3) is 0 Å². The number of hydrogen-bond acceptors (Lipinski definition) is 3. The van der Waals surface area contributed by atoms with Crippen LogP contribution in [0.1, 0.15) is 29.3 Å². The van der Waals surface area contributed by atoms with Gasteiger partial charge in [-0.2, -0.15) is 0 Å². The fourth-order valence-corrected chi connectivity index (χ4v) is 2.51. The number of benzene rings is 1. The van der Waals surface area contributed by atoms with Gasteiger partial charge >= 0.3 is 0 Å². The Labute approximate surface area is 107 Å². The van der Waals surface area contributed by atoms with Crippen LogP contribution in [0.25, 0.3) is 0 Å². The summed E-state index contributed by atoms with van der Waals surface area (Å²) in [6.07, 6.45) is 4.01. The van der Waals surface area contributed by atoms with E-state index in [1.165, 1.54) is 5.56 Å². The monoisotopic (exact) mass is 240 g/mol. The normalized spacial score (nSPS) is 17.5. The molecule has 1 atom stereocenters. The number of aromatic nitrogens is 1. The summed E-state index contributed by atoms with van der Waals surface area (Å²) in [4.78, 5) is 4.47. The minimum atomic E-state index is 0.0784. The maximum absolute atomic E-state index is 9.14. The molecule has 0 spiro atoms. The standard InChI is InChI=1S/C15H16N2O/c18-10-11-3-1-5-13(9-11)17-14-7-6-12-4-2-8-16-15(12)14/h1-5,8-9,14,17-18H,6-7,10H2. The van der Waals surface area contributed by atoms with Crippen LogP contribution < -0.4 is 5.32 Å². The summed E-state index contributed by atoms with van der Waals surface area (Å²) in [5.41, 5.74) is 4.48. The van der Waals surface area contributed by atoms with Crippen LogP contribution in [0.5, 0.6) is 0 Å². The van der Waals surface area contributed by atoms with Crippen LogP contribution >= 0.6 is 0 Å². The van der Waals surface area contributed by atoms with Crippen molar-refractivity contribution in [1.82, 2.24) is 4.98 Å². The zero-order valence-electron chi connectivity index (χ0n) is 10.1. The number of aliphatic hydroxyl groups excluding tert-OH is 1. The minimum absolute atomic E-state index is 0.0784. The molecule has 92 valence electrons. The molecule has 1 aliphatic carbocycles. The fourth-order valence-electron chi connectivity index (χ4n) is 2.51. The quantitative estimate of drug-likeness (QED) is 0.867. The van der Waals surface area contributed by atoms with E-state index in [2.05, 4.69) is 16.4 Å². The lowest BCUT2D eigenvalue weighted by Gasteiger charge is -2.15. The molecule has 2 aromatic rings. The average Bonchev–Trinajstić information content (AvgIpc) is 2.83. The molecule has 0 bridgehead atoms. The van der Waals surface area contributed by atoms with Crippen LogP contribution in [0.15, 0.2) is 42.6 Å². The molecule has 3 nitrogen and oxygen atoms in total. The number of nitrogens with one attached hydrogen (secondary N) is 1. The Bertz CT molecular complexity index is 554.